The standard InChI is InChI=1S/C23H40N4O2/c1-5-24-23(25-13-6-7-15-27-16-8-9-19(2)18-27)26-14-12-20-10-11-21(28-3)22(17-20)29-4/h10-11,17,19H,5-9,12-16,18H2,1-4H3,(H2,24,25,26). The summed E-state index contributed by atoms with van der Waals surface area (Å²) in [4.78, 5) is 7.35. The molecule has 2 rings (SSSR count). The molecule has 1 aliphatic heterocycles. The fourth-order valence-electron chi connectivity index (χ4n) is 3.83. The number of likely N-dealkylation sites (tertiary alicyclic amines) is 1. The highest BCUT2D eigenvalue weighted by Crippen LogP contribution is 2.27. The van der Waals surface area contributed by atoms with Gasteiger partial charge in [0, 0.05) is 26.2 Å². The van der Waals surface area contributed by atoms with E-state index in [9.17, 15) is 0 Å². The van der Waals surface area contributed by atoms with Crippen molar-refractivity contribution in [2.24, 2.45) is 10.9 Å². The van der Waals surface area contributed by atoms with Crippen molar-refractivity contribution in [2.75, 3.05) is 53.5 Å². The van der Waals surface area contributed by atoms with Crippen LogP contribution in [-0.2, 0) is 6.42 Å². The van der Waals surface area contributed by atoms with Gasteiger partial charge in [-0.2, -0.15) is 0 Å². The first kappa shape index (κ1) is 23.3. The van der Waals surface area contributed by atoms with E-state index in [1.165, 1.54) is 44.5 Å². The van der Waals surface area contributed by atoms with Crippen LogP contribution >= 0.6 is 0 Å². The number of nitrogens with one attached hydrogen (secondary N) is 2. The van der Waals surface area contributed by atoms with Gasteiger partial charge in [0.15, 0.2) is 17.5 Å². The van der Waals surface area contributed by atoms with E-state index < -0.39 is 0 Å². The summed E-state index contributed by atoms with van der Waals surface area (Å²) in [5, 5.41) is 6.78. The fraction of sp³-hybridized carbons (Fsp3) is 0.696. The van der Waals surface area contributed by atoms with E-state index >= 15 is 0 Å². The molecule has 1 aromatic rings. The van der Waals surface area contributed by atoms with Gasteiger partial charge in [-0.05, 0) is 75.7 Å². The van der Waals surface area contributed by atoms with Crippen LogP contribution in [0.4, 0.5) is 0 Å². The molecule has 1 aliphatic rings. The summed E-state index contributed by atoms with van der Waals surface area (Å²) < 4.78 is 10.7. The first-order valence-corrected chi connectivity index (χ1v) is 11.1. The van der Waals surface area contributed by atoms with Crippen molar-refractivity contribution in [3.05, 3.63) is 23.8 Å². The molecule has 1 heterocycles. The molecule has 0 radical (unpaired) electrons. The molecule has 2 N–H and O–H groups in total. The van der Waals surface area contributed by atoms with Gasteiger partial charge in [0.2, 0.25) is 0 Å². The highest BCUT2D eigenvalue weighted by atomic mass is 16.5. The van der Waals surface area contributed by atoms with Crippen LogP contribution in [0.1, 0.15) is 45.1 Å². The van der Waals surface area contributed by atoms with Gasteiger partial charge >= 0.3 is 0 Å². The lowest BCUT2D eigenvalue weighted by molar-refractivity contribution is 0.181. The molecule has 0 bridgehead atoms. The Morgan fingerprint density at radius 2 is 2.00 bits per heavy atom. The van der Waals surface area contributed by atoms with E-state index in [1.807, 2.05) is 12.1 Å². The van der Waals surface area contributed by atoms with Crippen molar-refractivity contribution in [1.82, 2.24) is 15.5 Å². The Balaban J connectivity index is 1.70. The van der Waals surface area contributed by atoms with E-state index in [0.717, 1.165) is 55.9 Å². The second-order valence-electron chi connectivity index (χ2n) is 7.88. The average molecular weight is 405 g/mol. The van der Waals surface area contributed by atoms with Crippen LogP contribution in [0.3, 0.4) is 0 Å². The quantitative estimate of drug-likeness (QED) is 0.337. The smallest absolute Gasteiger partial charge is 0.191 e. The zero-order chi connectivity index (χ0) is 20.9. The molecule has 1 saturated heterocycles. The summed E-state index contributed by atoms with van der Waals surface area (Å²) in [6.07, 6.45) is 6.01. The van der Waals surface area contributed by atoms with Gasteiger partial charge in [0.25, 0.3) is 0 Å². The van der Waals surface area contributed by atoms with E-state index in [4.69, 9.17) is 14.5 Å². The Kier molecular flexibility index (Phi) is 10.7. The summed E-state index contributed by atoms with van der Waals surface area (Å²) in [6.45, 7) is 10.8. The van der Waals surface area contributed by atoms with Crippen molar-refractivity contribution >= 4 is 5.96 Å². The minimum atomic E-state index is 0.762. The summed E-state index contributed by atoms with van der Waals surface area (Å²) in [6, 6.07) is 6.07. The van der Waals surface area contributed by atoms with Crippen molar-refractivity contribution in [3.63, 3.8) is 0 Å². The average Bonchev–Trinajstić information content (AvgIpc) is 2.73. The number of hydrogen-bond donors (Lipinski definition) is 2. The van der Waals surface area contributed by atoms with Crippen LogP contribution in [0, 0.1) is 5.92 Å². The lowest BCUT2D eigenvalue weighted by atomic mass is 10.0. The molecule has 6 nitrogen and oxygen atoms in total. The summed E-state index contributed by atoms with van der Waals surface area (Å²) in [5.74, 6) is 3.29. The summed E-state index contributed by atoms with van der Waals surface area (Å²) in [7, 11) is 3.33. The number of unbranched alkanes of at least 4 members (excludes halogenated alkanes) is 1. The van der Waals surface area contributed by atoms with Gasteiger partial charge in [0.1, 0.15) is 0 Å². The van der Waals surface area contributed by atoms with E-state index in [1.54, 1.807) is 14.2 Å². The predicted molar refractivity (Wildman–Crippen MR) is 121 cm³/mol. The Bertz CT molecular complexity index is 621. The number of aliphatic imine (C=N–C) groups is 1. The number of guanidine groups is 1. The van der Waals surface area contributed by atoms with Gasteiger partial charge in [-0.25, -0.2) is 0 Å². The lowest BCUT2D eigenvalue weighted by Gasteiger charge is -2.30. The molecule has 0 saturated carbocycles. The monoisotopic (exact) mass is 404 g/mol. The van der Waals surface area contributed by atoms with Gasteiger partial charge in [-0.3, -0.25) is 4.99 Å². The zero-order valence-electron chi connectivity index (χ0n) is 18.8. The molecular formula is C23H40N4O2. The van der Waals surface area contributed by atoms with Crippen molar-refractivity contribution in [1.29, 1.82) is 0 Å². The third-order valence-electron chi connectivity index (χ3n) is 5.39. The Labute approximate surface area is 177 Å². The normalized spacial score (nSPS) is 17.8. The fourth-order valence-corrected chi connectivity index (χ4v) is 3.83. The second kappa shape index (κ2) is 13.3. The molecule has 0 aliphatic carbocycles. The van der Waals surface area contributed by atoms with Crippen LogP contribution in [-0.4, -0.2) is 64.3 Å². The Morgan fingerprint density at radius 1 is 1.17 bits per heavy atom. The third-order valence-corrected chi connectivity index (χ3v) is 5.39. The molecule has 29 heavy (non-hydrogen) atoms. The first-order chi connectivity index (χ1) is 14.2. The number of piperidine rings is 1. The van der Waals surface area contributed by atoms with Gasteiger partial charge < -0.3 is 25.0 Å². The van der Waals surface area contributed by atoms with Gasteiger partial charge in [0.05, 0.1) is 14.2 Å². The third kappa shape index (κ3) is 8.52. The van der Waals surface area contributed by atoms with Crippen molar-refractivity contribution in [2.45, 2.75) is 46.0 Å². The molecule has 0 aromatic heterocycles. The first-order valence-electron chi connectivity index (χ1n) is 11.1. The van der Waals surface area contributed by atoms with Crippen LogP contribution in [0.15, 0.2) is 23.2 Å². The minimum Gasteiger partial charge on any atom is -0.493 e. The van der Waals surface area contributed by atoms with Gasteiger partial charge in [-0.1, -0.05) is 13.0 Å². The van der Waals surface area contributed by atoms with Crippen molar-refractivity contribution < 1.29 is 9.47 Å². The molecule has 6 heteroatoms. The second-order valence-corrected chi connectivity index (χ2v) is 7.88. The molecule has 164 valence electrons. The Morgan fingerprint density at radius 3 is 2.72 bits per heavy atom. The predicted octanol–water partition coefficient (Wildman–Crippen LogP) is 3.31. The largest absolute Gasteiger partial charge is 0.493 e. The summed E-state index contributed by atoms with van der Waals surface area (Å²) >= 11 is 0. The van der Waals surface area contributed by atoms with Crippen LogP contribution in [0.2, 0.25) is 0 Å². The number of nitrogens with zero attached hydrogens (tertiary/aromatic N) is 2. The van der Waals surface area contributed by atoms with Crippen molar-refractivity contribution in [3.8, 4) is 11.5 Å². The maximum Gasteiger partial charge on any atom is 0.191 e. The highest BCUT2D eigenvalue weighted by Gasteiger charge is 2.15. The number of rotatable bonds is 11. The number of benzene rings is 1. The van der Waals surface area contributed by atoms with Gasteiger partial charge in [-0.15, -0.1) is 0 Å². The summed E-state index contributed by atoms with van der Waals surface area (Å²) in [5.41, 5.74) is 1.21. The molecule has 1 unspecified atom stereocenters. The molecule has 1 fully saturated rings. The highest BCUT2D eigenvalue weighted by molar-refractivity contribution is 5.79. The number of ether oxygens (including phenoxy) is 2. The molecule has 0 amide bonds. The Hall–Kier alpha value is -1.95. The zero-order valence-corrected chi connectivity index (χ0v) is 18.8. The van der Waals surface area contributed by atoms with E-state index in [0.29, 0.717) is 0 Å². The topological polar surface area (TPSA) is 58.1 Å². The maximum absolute atomic E-state index is 5.38. The SMILES string of the molecule is CCNC(=NCCCCN1CCCC(C)C1)NCCc1ccc(OC)c(OC)c1. The van der Waals surface area contributed by atoms with Crippen LogP contribution in [0.5, 0.6) is 11.5 Å². The number of methoxy groups -OCH3 is 2. The maximum atomic E-state index is 5.38. The molecule has 1 aromatic carbocycles. The van der Waals surface area contributed by atoms with Crippen LogP contribution < -0.4 is 20.1 Å². The molecular weight excluding hydrogens is 364 g/mol. The number of hydrogen-bond acceptors (Lipinski definition) is 4. The lowest BCUT2D eigenvalue weighted by Crippen LogP contribution is -2.38. The van der Waals surface area contributed by atoms with E-state index in [2.05, 4.69) is 35.4 Å². The van der Waals surface area contributed by atoms with E-state index in [-0.39, 0.29) is 0 Å². The minimum absolute atomic E-state index is 0.762. The van der Waals surface area contributed by atoms with Crippen LogP contribution in [0.25, 0.3) is 0 Å². The molecule has 0 spiro atoms. The molecule has 1 atom stereocenters.